The zero-order valence-corrected chi connectivity index (χ0v) is 10.1. The summed E-state index contributed by atoms with van der Waals surface area (Å²) in [4.78, 5) is 10.7. The number of carboxylic acids is 1. The molecule has 0 saturated heterocycles. The van der Waals surface area contributed by atoms with Gasteiger partial charge in [-0.25, -0.2) is 13.6 Å². The van der Waals surface area contributed by atoms with Crippen LogP contribution in [0, 0.1) is 11.6 Å². The topological polar surface area (TPSA) is 83.8 Å². The number of aromatic carboxylic acids is 1. The minimum Gasteiger partial charge on any atom is -0.477 e. The third-order valence-electron chi connectivity index (χ3n) is 2.18. The lowest BCUT2D eigenvalue weighted by atomic mass is 10.0. The normalized spacial score (nSPS) is 10.2. The van der Waals surface area contributed by atoms with Crippen LogP contribution in [0.25, 0.3) is 0 Å². The summed E-state index contributed by atoms with van der Waals surface area (Å²) in [5, 5.41) is 8.68. The second-order valence-electron chi connectivity index (χ2n) is 3.41. The zero-order chi connectivity index (χ0) is 13.9. The molecular weight excluding hydrogens is 268 g/mol. The van der Waals surface area contributed by atoms with E-state index in [1.165, 1.54) is 0 Å². The highest BCUT2D eigenvalue weighted by Gasteiger charge is 2.23. The SMILES string of the molecule is CCCc1c(N=S(=O)=O)cc(F)c(C(=O)O)c1F. The monoisotopic (exact) mass is 277 g/mol. The first kappa shape index (κ1) is 14.2. The van der Waals surface area contributed by atoms with E-state index in [4.69, 9.17) is 5.11 Å². The van der Waals surface area contributed by atoms with Gasteiger partial charge < -0.3 is 5.11 Å². The highest BCUT2D eigenvalue weighted by molar-refractivity contribution is 7.61. The van der Waals surface area contributed by atoms with Gasteiger partial charge in [0.25, 0.3) is 0 Å². The van der Waals surface area contributed by atoms with Gasteiger partial charge >= 0.3 is 16.5 Å². The lowest BCUT2D eigenvalue weighted by Crippen LogP contribution is -2.08. The minimum absolute atomic E-state index is 0.0580. The number of carbonyl (C=O) groups is 1. The van der Waals surface area contributed by atoms with E-state index < -0.39 is 39.4 Å². The van der Waals surface area contributed by atoms with Crippen molar-refractivity contribution in [1.82, 2.24) is 0 Å². The molecule has 0 spiro atoms. The van der Waals surface area contributed by atoms with Crippen molar-refractivity contribution in [2.24, 2.45) is 4.36 Å². The molecule has 0 amide bonds. The van der Waals surface area contributed by atoms with E-state index in [9.17, 15) is 22.0 Å². The first-order valence-corrected chi connectivity index (χ1v) is 5.97. The molecule has 1 N–H and O–H groups in total. The molecule has 5 nitrogen and oxygen atoms in total. The molecule has 0 fully saturated rings. The Morgan fingerprint density at radius 1 is 1.44 bits per heavy atom. The van der Waals surface area contributed by atoms with Crippen molar-refractivity contribution < 1.29 is 27.1 Å². The molecular formula is C10H9F2NO4S. The summed E-state index contributed by atoms with van der Waals surface area (Å²) in [6.07, 6.45) is 0.484. The van der Waals surface area contributed by atoms with Gasteiger partial charge in [0, 0.05) is 11.6 Å². The quantitative estimate of drug-likeness (QED) is 0.915. The number of rotatable bonds is 4. The Labute approximate surface area is 103 Å². The molecule has 0 aliphatic rings. The van der Waals surface area contributed by atoms with Crippen LogP contribution in [0.1, 0.15) is 29.3 Å². The summed E-state index contributed by atoms with van der Waals surface area (Å²) < 4.78 is 51.1. The standard InChI is InChI=1S/C10H9F2NO4S/c1-2-3-5-7(13-18(16)17)4-6(11)8(9(5)12)10(14)15/h4H,2-3H2,1H3,(H,14,15). The summed E-state index contributed by atoms with van der Waals surface area (Å²) in [5.41, 5.74) is -1.74. The molecule has 0 bridgehead atoms. The Morgan fingerprint density at radius 3 is 2.50 bits per heavy atom. The first-order valence-electron chi connectivity index (χ1n) is 4.93. The molecule has 0 aliphatic heterocycles. The maximum Gasteiger partial charge on any atom is 0.341 e. The average molecular weight is 277 g/mol. The Kier molecular flexibility index (Phi) is 4.49. The molecule has 18 heavy (non-hydrogen) atoms. The second-order valence-corrected chi connectivity index (χ2v) is 4.03. The van der Waals surface area contributed by atoms with Gasteiger partial charge in [0.2, 0.25) is 0 Å². The lowest BCUT2D eigenvalue weighted by Gasteiger charge is -2.08. The molecule has 1 rings (SSSR count). The van der Waals surface area contributed by atoms with Gasteiger partial charge in [-0.15, -0.1) is 4.36 Å². The van der Waals surface area contributed by atoms with Crippen LogP contribution in [0.3, 0.4) is 0 Å². The highest BCUT2D eigenvalue weighted by atomic mass is 32.2. The fraction of sp³-hybridized carbons (Fsp3) is 0.300. The molecule has 0 aliphatic carbocycles. The Hall–Kier alpha value is -1.83. The van der Waals surface area contributed by atoms with Gasteiger partial charge in [-0.3, -0.25) is 0 Å². The van der Waals surface area contributed by atoms with Crippen LogP contribution >= 0.6 is 0 Å². The predicted molar refractivity (Wildman–Crippen MR) is 58.3 cm³/mol. The van der Waals surface area contributed by atoms with Crippen molar-refractivity contribution in [2.45, 2.75) is 19.8 Å². The fourth-order valence-corrected chi connectivity index (χ4v) is 1.82. The number of carboxylic acid groups (broad SMARTS) is 1. The maximum absolute atomic E-state index is 13.8. The van der Waals surface area contributed by atoms with E-state index in [1.54, 1.807) is 6.92 Å². The first-order chi connectivity index (χ1) is 8.38. The van der Waals surface area contributed by atoms with Crippen LogP contribution in [0.2, 0.25) is 0 Å². The van der Waals surface area contributed by atoms with Crippen LogP contribution in [0.4, 0.5) is 14.5 Å². The molecule has 1 aromatic rings. The maximum atomic E-state index is 13.8. The molecule has 0 unspecified atom stereocenters. The summed E-state index contributed by atoms with van der Waals surface area (Å²) in [6, 6.07) is 0.604. The number of halogens is 2. The molecule has 1 aromatic carbocycles. The van der Waals surface area contributed by atoms with Gasteiger partial charge in [-0.1, -0.05) is 13.3 Å². The smallest absolute Gasteiger partial charge is 0.341 e. The van der Waals surface area contributed by atoms with Crippen LogP contribution < -0.4 is 0 Å². The van der Waals surface area contributed by atoms with Crippen molar-refractivity contribution in [2.75, 3.05) is 0 Å². The van der Waals surface area contributed by atoms with Gasteiger partial charge in [0.1, 0.15) is 17.2 Å². The van der Waals surface area contributed by atoms with Gasteiger partial charge in [-0.05, 0) is 6.42 Å². The Bertz CT molecular complexity index is 617. The van der Waals surface area contributed by atoms with E-state index >= 15 is 0 Å². The third-order valence-corrected chi connectivity index (χ3v) is 2.53. The van der Waals surface area contributed by atoms with Crippen molar-refractivity contribution in [3.63, 3.8) is 0 Å². The predicted octanol–water partition coefficient (Wildman–Crippen LogP) is 2.31. The van der Waals surface area contributed by atoms with Gasteiger partial charge in [0.15, 0.2) is 0 Å². The fourth-order valence-electron chi connectivity index (χ4n) is 1.49. The summed E-state index contributed by atoms with van der Waals surface area (Å²) in [7, 11) is -2.87. The molecule has 8 heteroatoms. The minimum atomic E-state index is -2.87. The zero-order valence-electron chi connectivity index (χ0n) is 9.27. The lowest BCUT2D eigenvalue weighted by molar-refractivity contribution is 0.0686. The number of benzene rings is 1. The highest BCUT2D eigenvalue weighted by Crippen LogP contribution is 2.28. The molecule has 0 atom stereocenters. The van der Waals surface area contributed by atoms with Crippen LogP contribution in [0.5, 0.6) is 0 Å². The average Bonchev–Trinajstić information content (AvgIpc) is 2.22. The molecule has 0 radical (unpaired) electrons. The van der Waals surface area contributed by atoms with Crippen molar-refractivity contribution >= 4 is 22.2 Å². The van der Waals surface area contributed by atoms with Crippen LogP contribution in [-0.4, -0.2) is 19.5 Å². The molecule has 0 heterocycles. The van der Waals surface area contributed by atoms with Crippen molar-refractivity contribution in [3.05, 3.63) is 28.8 Å². The number of hydrogen-bond donors (Lipinski definition) is 1. The number of nitrogens with zero attached hydrogens (tertiary/aromatic N) is 1. The van der Waals surface area contributed by atoms with Crippen molar-refractivity contribution in [3.8, 4) is 0 Å². The Morgan fingerprint density at radius 2 is 2.06 bits per heavy atom. The van der Waals surface area contributed by atoms with E-state index in [0.717, 1.165) is 0 Å². The largest absolute Gasteiger partial charge is 0.477 e. The van der Waals surface area contributed by atoms with Crippen LogP contribution in [0.15, 0.2) is 10.4 Å². The van der Waals surface area contributed by atoms with Gasteiger partial charge in [0.05, 0.1) is 5.69 Å². The molecule has 0 saturated carbocycles. The van der Waals surface area contributed by atoms with E-state index in [1.807, 2.05) is 0 Å². The van der Waals surface area contributed by atoms with E-state index in [-0.39, 0.29) is 12.0 Å². The summed E-state index contributed by atoms with van der Waals surface area (Å²) in [6.45, 7) is 1.68. The van der Waals surface area contributed by atoms with Crippen LogP contribution in [-0.2, 0) is 16.9 Å². The van der Waals surface area contributed by atoms with Crippen molar-refractivity contribution in [1.29, 1.82) is 0 Å². The third kappa shape index (κ3) is 2.89. The summed E-state index contributed by atoms with van der Waals surface area (Å²) in [5.74, 6) is -4.39. The Balaban J connectivity index is 3.65. The summed E-state index contributed by atoms with van der Waals surface area (Å²) >= 11 is 0. The molecule has 0 aromatic heterocycles. The van der Waals surface area contributed by atoms with Gasteiger partial charge in [-0.2, -0.15) is 8.42 Å². The second kappa shape index (κ2) is 5.67. The van der Waals surface area contributed by atoms with E-state index in [2.05, 4.69) is 4.36 Å². The van der Waals surface area contributed by atoms with E-state index in [0.29, 0.717) is 12.5 Å². The number of hydrogen-bond acceptors (Lipinski definition) is 4. The molecule has 98 valence electrons.